The van der Waals surface area contributed by atoms with Gasteiger partial charge >= 0.3 is 0 Å². The summed E-state index contributed by atoms with van der Waals surface area (Å²) in [6.45, 7) is 6.18. The number of hydrogen-bond acceptors (Lipinski definition) is 1. The third-order valence-corrected chi connectivity index (χ3v) is 7.58. The normalized spacial score (nSPS) is 15.7. The second-order valence-electron chi connectivity index (χ2n) is 8.32. The molecule has 0 heterocycles. The molecular formula is C25H44OS. The summed E-state index contributed by atoms with van der Waals surface area (Å²) in [5.74, 6) is 1.49. The Morgan fingerprint density at radius 3 is 1.44 bits per heavy atom. The average molecular weight is 393 g/mol. The number of Topliss-reactive ketones (excluding diaryl/α,β-unsaturated/α-hetero) is 1. The van der Waals surface area contributed by atoms with Gasteiger partial charge in [-0.1, -0.05) is 90.4 Å². The molecule has 0 amide bonds. The van der Waals surface area contributed by atoms with Gasteiger partial charge < -0.3 is 0 Å². The Bertz CT molecular complexity index is 500. The van der Waals surface area contributed by atoms with Crippen molar-refractivity contribution < 1.29 is 4.79 Å². The van der Waals surface area contributed by atoms with E-state index in [1.807, 2.05) is 13.8 Å². The van der Waals surface area contributed by atoms with Crippen LogP contribution < -0.4 is 0 Å². The molecule has 156 valence electrons. The highest BCUT2D eigenvalue weighted by molar-refractivity contribution is 8.15. The molecule has 0 aliphatic heterocycles. The van der Waals surface area contributed by atoms with Crippen LogP contribution in [0.4, 0.5) is 0 Å². The predicted molar refractivity (Wildman–Crippen MR) is 126 cm³/mol. The lowest BCUT2D eigenvalue weighted by molar-refractivity contribution is -0.112. The Labute approximate surface area is 172 Å². The van der Waals surface area contributed by atoms with Crippen molar-refractivity contribution in [3.8, 4) is 0 Å². The van der Waals surface area contributed by atoms with E-state index in [-0.39, 0.29) is 16.3 Å². The summed E-state index contributed by atoms with van der Waals surface area (Å²) in [4.78, 5) is 13.2. The van der Waals surface area contributed by atoms with Crippen LogP contribution >= 0.6 is 10.5 Å². The van der Waals surface area contributed by atoms with Crippen LogP contribution in [0.5, 0.6) is 0 Å². The lowest BCUT2D eigenvalue weighted by atomic mass is 9.99. The largest absolute Gasteiger partial charge is 0.289 e. The van der Waals surface area contributed by atoms with Gasteiger partial charge in [-0.25, -0.2) is 0 Å². The quantitative estimate of drug-likeness (QED) is 0.204. The zero-order valence-corrected chi connectivity index (χ0v) is 19.4. The highest BCUT2D eigenvalue weighted by Crippen LogP contribution is 2.22. The standard InChI is InChI=1S/C25H44OS/c1-5-6-7-8-9-10-11-12-13-14-15-16-17-18-19-27(4)24-20-22(2)25(26)23(3)21-24/h20-21H,5-19H2,1-4H3. The van der Waals surface area contributed by atoms with Gasteiger partial charge in [-0.2, -0.15) is 10.5 Å². The zero-order chi connectivity index (χ0) is 19.9. The monoisotopic (exact) mass is 392 g/mol. The summed E-state index contributed by atoms with van der Waals surface area (Å²) in [5, 5.41) is 0. The fourth-order valence-electron chi connectivity index (χ4n) is 3.74. The van der Waals surface area contributed by atoms with Crippen LogP contribution in [-0.2, 0) is 4.79 Å². The lowest BCUT2D eigenvalue weighted by Crippen LogP contribution is -2.11. The molecule has 27 heavy (non-hydrogen) atoms. The number of hydrogen-bond donors (Lipinski definition) is 0. The molecule has 0 bridgehead atoms. The van der Waals surface area contributed by atoms with E-state index in [0.29, 0.717) is 0 Å². The Morgan fingerprint density at radius 2 is 1.04 bits per heavy atom. The van der Waals surface area contributed by atoms with Crippen molar-refractivity contribution in [3.63, 3.8) is 0 Å². The molecule has 1 unspecified atom stereocenters. The van der Waals surface area contributed by atoms with Crippen LogP contribution in [0.1, 0.15) is 111 Å². The van der Waals surface area contributed by atoms with E-state index in [9.17, 15) is 4.79 Å². The number of unbranched alkanes of at least 4 members (excludes halogenated alkanes) is 13. The Hall–Kier alpha value is -0.630. The number of carbonyl (C=O) groups excluding carboxylic acids is 1. The van der Waals surface area contributed by atoms with Gasteiger partial charge in [-0.3, -0.25) is 4.79 Å². The minimum Gasteiger partial charge on any atom is -0.289 e. The molecule has 2 heteroatoms. The van der Waals surface area contributed by atoms with Crippen molar-refractivity contribution in [2.75, 3.05) is 12.0 Å². The van der Waals surface area contributed by atoms with E-state index in [4.69, 9.17) is 0 Å². The molecule has 0 saturated heterocycles. The van der Waals surface area contributed by atoms with Crippen LogP contribution in [0, 0.1) is 0 Å². The third-order valence-electron chi connectivity index (χ3n) is 5.64. The molecule has 0 aromatic rings. The van der Waals surface area contributed by atoms with Gasteiger partial charge in [0, 0.05) is 0 Å². The van der Waals surface area contributed by atoms with E-state index < -0.39 is 0 Å². The van der Waals surface area contributed by atoms with Gasteiger partial charge in [0.25, 0.3) is 0 Å². The third kappa shape index (κ3) is 11.1. The molecule has 1 rings (SSSR count). The maximum Gasteiger partial charge on any atom is 0.184 e. The molecule has 0 N–H and O–H groups in total. The van der Waals surface area contributed by atoms with Crippen LogP contribution in [0.3, 0.4) is 0 Å². The van der Waals surface area contributed by atoms with Gasteiger partial charge in [0.2, 0.25) is 0 Å². The molecule has 1 atom stereocenters. The van der Waals surface area contributed by atoms with Crippen molar-refractivity contribution in [2.24, 2.45) is 0 Å². The Morgan fingerprint density at radius 1 is 0.667 bits per heavy atom. The summed E-state index contributed by atoms with van der Waals surface area (Å²) in [5.41, 5.74) is 1.82. The molecule has 1 nitrogen and oxygen atoms in total. The average Bonchev–Trinajstić information content (AvgIpc) is 2.65. The minimum absolute atomic E-state index is 0.215. The zero-order valence-electron chi connectivity index (χ0n) is 18.6. The number of ketones is 1. The predicted octanol–water partition coefficient (Wildman–Crippen LogP) is 8.01. The summed E-state index contributed by atoms with van der Waals surface area (Å²) in [6.07, 6.45) is 26.4. The lowest BCUT2D eigenvalue weighted by Gasteiger charge is -2.13. The molecule has 0 fully saturated rings. The van der Waals surface area contributed by atoms with Gasteiger partial charge in [0.1, 0.15) is 0 Å². The highest BCUT2D eigenvalue weighted by Gasteiger charge is 2.13. The fraction of sp³-hybridized carbons (Fsp3) is 0.760. The van der Waals surface area contributed by atoms with Gasteiger partial charge in [0.05, 0.1) is 0 Å². The molecular weight excluding hydrogens is 348 g/mol. The van der Waals surface area contributed by atoms with Crippen molar-refractivity contribution in [1.82, 2.24) is 0 Å². The maximum atomic E-state index is 11.8. The van der Waals surface area contributed by atoms with Gasteiger partial charge in [-0.05, 0) is 60.4 Å². The first kappa shape index (κ1) is 24.4. The van der Waals surface area contributed by atoms with E-state index in [0.717, 1.165) is 11.1 Å². The van der Waals surface area contributed by atoms with E-state index in [2.05, 4.69) is 25.3 Å². The molecule has 0 saturated carbocycles. The van der Waals surface area contributed by atoms with E-state index in [1.54, 1.807) is 0 Å². The number of allylic oxidation sites excluding steroid dienone is 4. The van der Waals surface area contributed by atoms with Gasteiger partial charge in [0.15, 0.2) is 5.78 Å². The first-order valence-electron chi connectivity index (χ1n) is 11.5. The van der Waals surface area contributed by atoms with Crippen LogP contribution in [0.25, 0.3) is 0 Å². The first-order valence-corrected chi connectivity index (χ1v) is 13.3. The fourth-order valence-corrected chi connectivity index (χ4v) is 5.37. The summed E-state index contributed by atoms with van der Waals surface area (Å²) in [6, 6.07) is 0. The van der Waals surface area contributed by atoms with E-state index in [1.165, 1.54) is 101 Å². The highest BCUT2D eigenvalue weighted by atomic mass is 32.2. The molecule has 0 aromatic heterocycles. The molecule has 0 aromatic carbocycles. The van der Waals surface area contributed by atoms with Crippen molar-refractivity contribution in [3.05, 3.63) is 23.3 Å². The van der Waals surface area contributed by atoms with Crippen LogP contribution in [0.15, 0.2) is 23.3 Å². The number of rotatable bonds is 15. The van der Waals surface area contributed by atoms with Crippen molar-refractivity contribution in [2.45, 2.75) is 111 Å². The maximum absolute atomic E-state index is 11.8. The Balaban J connectivity index is 1.99. The first-order chi connectivity index (χ1) is 13.1. The molecule has 0 radical (unpaired) electrons. The van der Waals surface area contributed by atoms with Crippen LogP contribution in [0.2, 0.25) is 0 Å². The summed E-state index contributed by atoms with van der Waals surface area (Å²) >= 11 is 0. The number of carbonyl (C=O) groups is 1. The Kier molecular flexibility index (Phi) is 13.8. The second-order valence-corrected chi connectivity index (χ2v) is 10.5. The summed E-state index contributed by atoms with van der Waals surface area (Å²) < 4.78 is 0. The molecule has 1 aliphatic rings. The van der Waals surface area contributed by atoms with Gasteiger partial charge in [-0.15, -0.1) is 0 Å². The van der Waals surface area contributed by atoms with Crippen molar-refractivity contribution in [1.29, 1.82) is 0 Å². The SMILES string of the molecule is CCCCCCCCCCCCCCCCS(C)=C1C=C(C)C(=O)C(C)=C1. The van der Waals surface area contributed by atoms with Crippen molar-refractivity contribution >= 4 is 21.1 Å². The second kappa shape index (κ2) is 15.3. The topological polar surface area (TPSA) is 17.1 Å². The molecule has 1 aliphatic carbocycles. The van der Waals surface area contributed by atoms with E-state index >= 15 is 0 Å². The van der Waals surface area contributed by atoms with Crippen LogP contribution in [-0.4, -0.2) is 22.7 Å². The minimum atomic E-state index is 0.215. The summed E-state index contributed by atoms with van der Waals surface area (Å²) in [7, 11) is 0.283. The smallest absolute Gasteiger partial charge is 0.184 e. The molecule has 0 spiro atoms.